The topological polar surface area (TPSA) is 76.0 Å². The van der Waals surface area contributed by atoms with Gasteiger partial charge in [0.05, 0.1) is 0 Å². The SMILES string of the molecule is CCc1ccc(NC(=O)C(=O)NCC(c2cccs2)n2cccn2)cc1. The van der Waals surface area contributed by atoms with E-state index in [1.165, 1.54) is 5.56 Å². The van der Waals surface area contributed by atoms with Crippen molar-refractivity contribution in [2.45, 2.75) is 19.4 Å². The molecule has 0 aliphatic carbocycles. The van der Waals surface area contributed by atoms with E-state index in [1.807, 2.05) is 41.9 Å². The zero-order valence-electron chi connectivity index (χ0n) is 14.4. The molecule has 0 spiro atoms. The van der Waals surface area contributed by atoms with Crippen LogP contribution in [0.3, 0.4) is 0 Å². The minimum atomic E-state index is -0.681. The maximum absolute atomic E-state index is 12.2. The minimum absolute atomic E-state index is 0.148. The van der Waals surface area contributed by atoms with Crippen molar-refractivity contribution >= 4 is 28.8 Å². The number of aromatic nitrogens is 2. The molecule has 7 heteroatoms. The Labute approximate surface area is 155 Å². The van der Waals surface area contributed by atoms with Crippen LogP contribution in [-0.4, -0.2) is 28.1 Å². The highest BCUT2D eigenvalue weighted by atomic mass is 32.1. The van der Waals surface area contributed by atoms with Crippen LogP contribution >= 0.6 is 11.3 Å². The summed E-state index contributed by atoms with van der Waals surface area (Å²) in [5.41, 5.74) is 1.77. The Morgan fingerprint density at radius 2 is 1.96 bits per heavy atom. The van der Waals surface area contributed by atoms with E-state index < -0.39 is 11.8 Å². The molecule has 134 valence electrons. The zero-order chi connectivity index (χ0) is 18.4. The monoisotopic (exact) mass is 368 g/mol. The van der Waals surface area contributed by atoms with Crippen molar-refractivity contribution in [2.75, 3.05) is 11.9 Å². The number of nitrogens with zero attached hydrogens (tertiary/aromatic N) is 2. The molecule has 2 N–H and O–H groups in total. The van der Waals surface area contributed by atoms with Gasteiger partial charge in [0.15, 0.2) is 0 Å². The van der Waals surface area contributed by atoms with Crippen LogP contribution in [-0.2, 0) is 16.0 Å². The van der Waals surface area contributed by atoms with Gasteiger partial charge in [-0.25, -0.2) is 0 Å². The lowest BCUT2D eigenvalue weighted by molar-refractivity contribution is -0.136. The predicted molar refractivity (Wildman–Crippen MR) is 102 cm³/mol. The first-order valence-corrected chi connectivity index (χ1v) is 9.26. The van der Waals surface area contributed by atoms with Crippen LogP contribution < -0.4 is 10.6 Å². The van der Waals surface area contributed by atoms with Gasteiger partial charge in [0.1, 0.15) is 6.04 Å². The lowest BCUT2D eigenvalue weighted by Gasteiger charge is -2.17. The number of carbonyl (C=O) groups is 2. The average Bonchev–Trinajstić information content (AvgIpc) is 3.37. The average molecular weight is 368 g/mol. The van der Waals surface area contributed by atoms with Crippen LogP contribution in [0.15, 0.2) is 60.2 Å². The van der Waals surface area contributed by atoms with Crippen LogP contribution in [0.4, 0.5) is 5.69 Å². The first kappa shape index (κ1) is 17.9. The molecule has 2 amide bonds. The van der Waals surface area contributed by atoms with Gasteiger partial charge >= 0.3 is 11.8 Å². The third-order valence-corrected chi connectivity index (χ3v) is 4.97. The zero-order valence-corrected chi connectivity index (χ0v) is 15.2. The number of benzene rings is 1. The smallest absolute Gasteiger partial charge is 0.313 e. The van der Waals surface area contributed by atoms with E-state index in [2.05, 4.69) is 22.7 Å². The van der Waals surface area contributed by atoms with Crippen molar-refractivity contribution in [3.63, 3.8) is 0 Å². The summed E-state index contributed by atoms with van der Waals surface area (Å²) >= 11 is 1.58. The quantitative estimate of drug-likeness (QED) is 0.657. The highest BCUT2D eigenvalue weighted by Crippen LogP contribution is 2.21. The van der Waals surface area contributed by atoms with E-state index in [-0.39, 0.29) is 12.6 Å². The summed E-state index contributed by atoms with van der Waals surface area (Å²) in [4.78, 5) is 25.3. The third-order valence-electron chi connectivity index (χ3n) is 4.00. The largest absolute Gasteiger partial charge is 0.345 e. The summed E-state index contributed by atoms with van der Waals surface area (Å²) in [5, 5.41) is 11.5. The Balaban J connectivity index is 1.60. The molecule has 6 nitrogen and oxygen atoms in total. The Morgan fingerprint density at radius 1 is 1.15 bits per heavy atom. The molecule has 2 aromatic heterocycles. The van der Waals surface area contributed by atoms with Gasteiger partial charge < -0.3 is 10.6 Å². The molecule has 0 saturated heterocycles. The van der Waals surface area contributed by atoms with Crippen molar-refractivity contribution in [1.29, 1.82) is 0 Å². The number of thiophene rings is 1. The molecule has 1 unspecified atom stereocenters. The maximum atomic E-state index is 12.2. The first-order chi connectivity index (χ1) is 12.7. The third kappa shape index (κ3) is 4.37. The van der Waals surface area contributed by atoms with Crippen molar-refractivity contribution in [3.8, 4) is 0 Å². The number of rotatable bonds is 6. The second-order valence-electron chi connectivity index (χ2n) is 5.73. The van der Waals surface area contributed by atoms with Gasteiger partial charge in [-0.05, 0) is 41.6 Å². The van der Waals surface area contributed by atoms with Crippen molar-refractivity contribution in [2.24, 2.45) is 0 Å². The molecular formula is C19H20N4O2S. The molecule has 3 aromatic rings. The highest BCUT2D eigenvalue weighted by molar-refractivity contribution is 7.10. The minimum Gasteiger partial charge on any atom is -0.345 e. The van der Waals surface area contributed by atoms with Crippen LogP contribution in [0.2, 0.25) is 0 Å². The van der Waals surface area contributed by atoms with Crippen LogP contribution in [0, 0.1) is 0 Å². The number of carbonyl (C=O) groups excluding carboxylic acids is 2. The number of anilines is 1. The van der Waals surface area contributed by atoms with Gasteiger partial charge in [-0.2, -0.15) is 5.10 Å². The van der Waals surface area contributed by atoms with Crippen LogP contribution in [0.25, 0.3) is 0 Å². The number of amides is 2. The van der Waals surface area contributed by atoms with Crippen LogP contribution in [0.1, 0.15) is 23.4 Å². The van der Waals surface area contributed by atoms with Gasteiger partial charge in [-0.15, -0.1) is 11.3 Å². The number of hydrogen-bond acceptors (Lipinski definition) is 4. The lowest BCUT2D eigenvalue weighted by atomic mass is 10.1. The standard InChI is InChI=1S/C19H20N4O2S/c1-2-14-6-8-15(9-7-14)22-19(25)18(24)20-13-16(17-5-3-12-26-17)23-11-4-10-21-23/h3-12,16H,2,13H2,1H3,(H,20,24)(H,22,25). The molecule has 26 heavy (non-hydrogen) atoms. The number of aryl methyl sites for hydroxylation is 1. The van der Waals surface area contributed by atoms with Crippen molar-refractivity contribution < 1.29 is 9.59 Å². The van der Waals surface area contributed by atoms with Gasteiger partial charge in [0.2, 0.25) is 0 Å². The molecule has 0 bridgehead atoms. The Bertz CT molecular complexity index is 808. The summed E-state index contributed by atoms with van der Waals surface area (Å²) in [6.45, 7) is 2.34. The maximum Gasteiger partial charge on any atom is 0.313 e. The molecular weight excluding hydrogens is 348 g/mol. The van der Waals surface area contributed by atoms with Crippen molar-refractivity contribution in [3.05, 3.63) is 70.7 Å². The molecule has 0 fully saturated rings. The summed E-state index contributed by atoms with van der Waals surface area (Å²) in [7, 11) is 0. The van der Waals surface area contributed by atoms with E-state index in [9.17, 15) is 9.59 Å². The van der Waals surface area contributed by atoms with E-state index >= 15 is 0 Å². The fraction of sp³-hybridized carbons (Fsp3) is 0.211. The predicted octanol–water partition coefficient (Wildman–Crippen LogP) is 2.85. The molecule has 0 radical (unpaired) electrons. The van der Waals surface area contributed by atoms with E-state index in [1.54, 1.807) is 34.3 Å². The van der Waals surface area contributed by atoms with E-state index in [0.29, 0.717) is 5.69 Å². The molecule has 3 rings (SSSR count). The Kier molecular flexibility index (Phi) is 5.80. The number of nitrogens with one attached hydrogen (secondary N) is 2. The summed E-state index contributed by atoms with van der Waals surface area (Å²) in [6, 6.07) is 13.1. The fourth-order valence-electron chi connectivity index (χ4n) is 2.55. The van der Waals surface area contributed by atoms with Gasteiger partial charge in [0.25, 0.3) is 0 Å². The Hall–Kier alpha value is -2.93. The highest BCUT2D eigenvalue weighted by Gasteiger charge is 2.19. The molecule has 1 atom stereocenters. The first-order valence-electron chi connectivity index (χ1n) is 8.38. The Morgan fingerprint density at radius 3 is 2.58 bits per heavy atom. The van der Waals surface area contributed by atoms with E-state index in [4.69, 9.17) is 0 Å². The second kappa shape index (κ2) is 8.44. The molecule has 0 aliphatic heterocycles. The number of hydrogen-bond donors (Lipinski definition) is 2. The summed E-state index contributed by atoms with van der Waals surface area (Å²) < 4.78 is 1.77. The van der Waals surface area contributed by atoms with Crippen molar-refractivity contribution in [1.82, 2.24) is 15.1 Å². The van der Waals surface area contributed by atoms with Gasteiger partial charge in [-0.1, -0.05) is 25.1 Å². The van der Waals surface area contributed by atoms with Gasteiger partial charge in [-0.3, -0.25) is 14.3 Å². The second-order valence-corrected chi connectivity index (χ2v) is 6.71. The molecule has 1 aromatic carbocycles. The summed E-state index contributed by atoms with van der Waals surface area (Å²) in [6.07, 6.45) is 4.45. The molecule has 0 aliphatic rings. The lowest BCUT2D eigenvalue weighted by Crippen LogP contribution is -2.38. The molecule has 0 saturated carbocycles. The van der Waals surface area contributed by atoms with E-state index in [0.717, 1.165) is 11.3 Å². The summed E-state index contributed by atoms with van der Waals surface area (Å²) in [5.74, 6) is -1.35. The van der Waals surface area contributed by atoms with Crippen LogP contribution in [0.5, 0.6) is 0 Å². The fourth-order valence-corrected chi connectivity index (χ4v) is 3.37. The van der Waals surface area contributed by atoms with Gasteiger partial charge in [0, 0.05) is 29.5 Å². The normalized spacial score (nSPS) is 11.7. The molecule has 2 heterocycles.